The zero-order chi connectivity index (χ0) is 25.8. The third-order valence-corrected chi connectivity index (χ3v) is 6.51. The van der Waals surface area contributed by atoms with Crippen LogP contribution in [0.3, 0.4) is 0 Å². The number of aromatic hydroxyl groups is 2. The van der Waals surface area contributed by atoms with Crippen molar-refractivity contribution in [2.24, 2.45) is 5.92 Å². The van der Waals surface area contributed by atoms with E-state index in [1.54, 1.807) is 13.8 Å². The van der Waals surface area contributed by atoms with Crippen LogP contribution >= 0.6 is 0 Å². The van der Waals surface area contributed by atoms with Crippen LogP contribution in [-0.4, -0.2) is 47.9 Å². The average molecular weight is 496 g/mol. The molecule has 3 heterocycles. The van der Waals surface area contributed by atoms with E-state index in [4.69, 9.17) is 25.5 Å². The molecule has 2 aromatic rings. The van der Waals surface area contributed by atoms with E-state index in [0.717, 1.165) is 10.6 Å². The lowest BCUT2D eigenvalue weighted by Gasteiger charge is -2.28. The van der Waals surface area contributed by atoms with Gasteiger partial charge in [0.1, 0.15) is 5.60 Å². The Labute approximate surface area is 198 Å². The van der Waals surface area contributed by atoms with Gasteiger partial charge in [-0.05, 0) is 32.4 Å². The van der Waals surface area contributed by atoms with Crippen molar-refractivity contribution in [3.8, 4) is 17.4 Å². The number of esters is 1. The highest BCUT2D eigenvalue weighted by Crippen LogP contribution is 2.66. The molecule has 0 aliphatic carbocycles. The normalized spacial score (nSPS) is 24.9. The molecule has 9 nitrogen and oxygen atoms in total. The summed E-state index contributed by atoms with van der Waals surface area (Å²) in [5.74, 6) is -2.60. The standard InChI is InChI=1S/C23H23F3N2O7/c1-21-10-14(20(31)34-11-33-8-7-32-4)22(2,35-21)17-16(21)18(29)28(19(17)30)12-5-6-15(27-3)13(9-12)23(24,25)26/h5-6,9,14,29-30H,7-8,10-11H2,1-2,4H3/t14-,21?,22?/m1/s1. The lowest BCUT2D eigenvalue weighted by molar-refractivity contribution is -0.168. The third kappa shape index (κ3) is 3.80. The van der Waals surface area contributed by atoms with Crippen LogP contribution in [-0.2, 0) is 41.1 Å². The van der Waals surface area contributed by atoms with E-state index in [9.17, 15) is 28.2 Å². The molecular weight excluding hydrogens is 473 g/mol. The number of methoxy groups -OCH3 is 1. The molecule has 0 amide bonds. The summed E-state index contributed by atoms with van der Waals surface area (Å²) in [5.41, 5.74) is -4.37. The lowest BCUT2D eigenvalue weighted by atomic mass is 9.73. The predicted octanol–water partition coefficient (Wildman–Crippen LogP) is 4.10. The molecule has 2 bridgehead atoms. The molecule has 1 aromatic heterocycles. The summed E-state index contributed by atoms with van der Waals surface area (Å²) in [5, 5.41) is 22.1. The van der Waals surface area contributed by atoms with Gasteiger partial charge in [-0.2, -0.15) is 13.2 Å². The summed E-state index contributed by atoms with van der Waals surface area (Å²) in [4.78, 5) is 15.7. The molecule has 1 fully saturated rings. The van der Waals surface area contributed by atoms with Gasteiger partial charge in [0.05, 0.1) is 53.7 Å². The number of alkyl halides is 3. The first kappa shape index (κ1) is 24.8. The first-order valence-corrected chi connectivity index (χ1v) is 10.6. The number of carbonyl (C=O) groups excluding carboxylic acids is 1. The van der Waals surface area contributed by atoms with Gasteiger partial charge in [-0.1, -0.05) is 6.07 Å². The molecule has 12 heteroatoms. The van der Waals surface area contributed by atoms with Crippen LogP contribution in [0.2, 0.25) is 0 Å². The second kappa shape index (κ2) is 8.44. The number of benzene rings is 1. The summed E-state index contributed by atoms with van der Waals surface area (Å²) >= 11 is 0. The number of fused-ring (bicyclic) bond motifs is 5. The number of ether oxygens (including phenoxy) is 4. The van der Waals surface area contributed by atoms with Crippen LogP contribution in [0.1, 0.15) is 37.0 Å². The quantitative estimate of drug-likeness (QED) is 0.257. The Bertz CT molecular complexity index is 1220. The molecule has 2 aliphatic rings. The van der Waals surface area contributed by atoms with Crippen molar-refractivity contribution < 1.29 is 47.1 Å². The Balaban J connectivity index is 1.72. The molecule has 1 saturated heterocycles. The minimum atomic E-state index is -4.82. The summed E-state index contributed by atoms with van der Waals surface area (Å²) < 4.78 is 62.6. The Morgan fingerprint density at radius 3 is 2.57 bits per heavy atom. The van der Waals surface area contributed by atoms with E-state index < -0.39 is 52.3 Å². The van der Waals surface area contributed by atoms with E-state index in [2.05, 4.69) is 4.85 Å². The smallest absolute Gasteiger partial charge is 0.407 e. The van der Waals surface area contributed by atoms with Gasteiger partial charge in [-0.15, -0.1) is 0 Å². The highest BCUT2D eigenvalue weighted by molar-refractivity contribution is 5.78. The monoisotopic (exact) mass is 496 g/mol. The SMILES string of the molecule is [C-]#[N+]c1ccc(-n2c(O)c3c(c2O)C2(C)OC3(C)C[C@@H]2C(=O)OCOCCOC)cc1C(F)(F)F. The molecule has 0 radical (unpaired) electrons. The summed E-state index contributed by atoms with van der Waals surface area (Å²) in [7, 11) is 1.50. The summed E-state index contributed by atoms with van der Waals surface area (Å²) in [6.45, 7) is 10.4. The van der Waals surface area contributed by atoms with Crippen molar-refractivity contribution in [2.75, 3.05) is 27.1 Å². The molecule has 0 saturated carbocycles. The van der Waals surface area contributed by atoms with Gasteiger partial charge in [-0.25, -0.2) is 4.85 Å². The fraction of sp³-hybridized carbons (Fsp3) is 0.478. The minimum absolute atomic E-state index is 0.0915. The van der Waals surface area contributed by atoms with Crippen LogP contribution in [0.5, 0.6) is 11.8 Å². The molecular formula is C23H23F3N2O7. The zero-order valence-electron chi connectivity index (χ0n) is 19.1. The van der Waals surface area contributed by atoms with Crippen molar-refractivity contribution in [1.82, 2.24) is 4.57 Å². The van der Waals surface area contributed by atoms with Crippen molar-refractivity contribution in [1.29, 1.82) is 0 Å². The number of halogens is 3. The molecule has 2 N–H and O–H groups in total. The van der Waals surface area contributed by atoms with Crippen molar-refractivity contribution in [3.63, 3.8) is 0 Å². The number of hydrogen-bond donors (Lipinski definition) is 2. The number of aromatic nitrogens is 1. The minimum Gasteiger partial charge on any atom is -0.494 e. The maximum Gasteiger partial charge on any atom is 0.407 e. The van der Waals surface area contributed by atoms with Gasteiger partial charge < -0.3 is 29.2 Å². The predicted molar refractivity (Wildman–Crippen MR) is 113 cm³/mol. The van der Waals surface area contributed by atoms with Crippen molar-refractivity contribution in [2.45, 2.75) is 37.6 Å². The number of rotatable bonds is 7. The maximum atomic E-state index is 13.5. The Morgan fingerprint density at radius 2 is 1.94 bits per heavy atom. The maximum absolute atomic E-state index is 13.5. The van der Waals surface area contributed by atoms with E-state index in [1.807, 2.05) is 0 Å². The molecule has 188 valence electrons. The second-order valence-electron chi connectivity index (χ2n) is 8.72. The summed E-state index contributed by atoms with van der Waals surface area (Å²) in [6.07, 6.45) is -4.72. The van der Waals surface area contributed by atoms with E-state index in [0.29, 0.717) is 12.7 Å². The first-order chi connectivity index (χ1) is 16.4. The average Bonchev–Trinajstić information content (AvgIpc) is 3.33. The van der Waals surface area contributed by atoms with Gasteiger partial charge >= 0.3 is 12.1 Å². The number of hydrogen-bond acceptors (Lipinski definition) is 7. The van der Waals surface area contributed by atoms with Crippen LogP contribution < -0.4 is 0 Å². The van der Waals surface area contributed by atoms with Gasteiger partial charge in [0.15, 0.2) is 12.5 Å². The van der Waals surface area contributed by atoms with Crippen LogP contribution in [0, 0.1) is 12.5 Å². The second-order valence-corrected chi connectivity index (χ2v) is 8.72. The highest BCUT2D eigenvalue weighted by Gasteiger charge is 2.66. The molecule has 0 spiro atoms. The highest BCUT2D eigenvalue weighted by atomic mass is 19.4. The van der Waals surface area contributed by atoms with Crippen molar-refractivity contribution >= 4 is 11.7 Å². The fourth-order valence-corrected chi connectivity index (χ4v) is 5.00. The summed E-state index contributed by atoms with van der Waals surface area (Å²) in [6, 6.07) is 2.83. The third-order valence-electron chi connectivity index (χ3n) is 6.51. The van der Waals surface area contributed by atoms with Crippen molar-refractivity contribution in [3.05, 3.63) is 46.3 Å². The van der Waals surface area contributed by atoms with Gasteiger partial charge in [0.2, 0.25) is 11.8 Å². The lowest BCUT2D eigenvalue weighted by Crippen LogP contribution is -2.36. The van der Waals surface area contributed by atoms with Crippen LogP contribution in [0.15, 0.2) is 18.2 Å². The molecule has 4 rings (SSSR count). The van der Waals surface area contributed by atoms with Crippen LogP contribution in [0.4, 0.5) is 18.9 Å². The molecule has 3 atom stereocenters. The topological polar surface area (TPSA) is 104 Å². The van der Waals surface area contributed by atoms with Gasteiger partial charge in [-0.3, -0.25) is 9.36 Å². The molecule has 2 unspecified atom stereocenters. The first-order valence-electron chi connectivity index (χ1n) is 10.6. The Hall–Kier alpha value is -3.27. The zero-order valence-corrected chi connectivity index (χ0v) is 19.1. The Kier molecular flexibility index (Phi) is 5.99. The van der Waals surface area contributed by atoms with Gasteiger partial charge in [0.25, 0.3) is 0 Å². The Morgan fingerprint density at radius 1 is 1.26 bits per heavy atom. The molecule has 2 aliphatic heterocycles. The van der Waals surface area contributed by atoms with E-state index >= 15 is 0 Å². The molecule has 1 aromatic carbocycles. The number of carbonyl (C=O) groups is 1. The van der Waals surface area contributed by atoms with Crippen LogP contribution in [0.25, 0.3) is 10.5 Å². The van der Waals surface area contributed by atoms with E-state index in [1.165, 1.54) is 13.2 Å². The fourth-order valence-electron chi connectivity index (χ4n) is 5.00. The van der Waals surface area contributed by atoms with Gasteiger partial charge in [0, 0.05) is 7.11 Å². The largest absolute Gasteiger partial charge is 0.494 e. The molecule has 35 heavy (non-hydrogen) atoms. The number of nitrogens with zero attached hydrogens (tertiary/aromatic N) is 2. The van der Waals surface area contributed by atoms with E-state index in [-0.39, 0.29) is 36.6 Å².